The van der Waals surface area contributed by atoms with Gasteiger partial charge in [0.15, 0.2) is 0 Å². The number of hydrogen-bond acceptors (Lipinski definition) is 2. The maximum atomic E-state index is 5.43. The minimum absolute atomic E-state index is 0.608. The lowest BCUT2D eigenvalue weighted by Crippen LogP contribution is -1.60. The number of hydrogen-bond donors (Lipinski definition) is 0. The van der Waals surface area contributed by atoms with Crippen LogP contribution in [0, 0.1) is 0 Å². The first-order valence-electron chi connectivity index (χ1n) is 3.80. The second kappa shape index (κ2) is 1.91. The average Bonchev–Trinajstić information content (AvgIpc) is 2.62. The molecular formula is C10H6O2. The molecule has 0 aliphatic heterocycles. The molecule has 0 fully saturated rings. The maximum Gasteiger partial charge on any atom is 0.298 e. The van der Waals surface area contributed by atoms with E-state index in [1.54, 1.807) is 6.26 Å². The van der Waals surface area contributed by atoms with Crippen molar-refractivity contribution >= 4 is 22.1 Å². The first kappa shape index (κ1) is 5.89. The number of fused-ring (bicyclic) bond motifs is 3. The van der Waals surface area contributed by atoms with Gasteiger partial charge in [-0.05, 0) is 12.1 Å². The van der Waals surface area contributed by atoms with Crippen LogP contribution in [-0.2, 0) is 0 Å². The van der Waals surface area contributed by atoms with Crippen molar-refractivity contribution in [2.24, 2.45) is 0 Å². The monoisotopic (exact) mass is 158 g/mol. The van der Waals surface area contributed by atoms with Gasteiger partial charge >= 0.3 is 0 Å². The molecule has 0 bridgehead atoms. The van der Waals surface area contributed by atoms with Crippen LogP contribution in [0.5, 0.6) is 0 Å². The standard InChI is InChI=1S/C10H6O2/c1-2-4-9-7(3-1)8-5-6-11-10(8)12-9/h1-6H. The Morgan fingerprint density at radius 1 is 0.917 bits per heavy atom. The van der Waals surface area contributed by atoms with Gasteiger partial charge in [-0.1, -0.05) is 18.2 Å². The van der Waals surface area contributed by atoms with Crippen molar-refractivity contribution in [1.29, 1.82) is 0 Å². The zero-order chi connectivity index (χ0) is 7.97. The molecule has 0 amide bonds. The van der Waals surface area contributed by atoms with Crippen molar-refractivity contribution in [2.75, 3.05) is 0 Å². The quantitative estimate of drug-likeness (QED) is 0.502. The van der Waals surface area contributed by atoms with E-state index in [4.69, 9.17) is 8.83 Å². The summed E-state index contributed by atoms with van der Waals surface area (Å²) >= 11 is 0. The predicted octanol–water partition coefficient (Wildman–Crippen LogP) is 3.18. The lowest BCUT2D eigenvalue weighted by atomic mass is 10.2. The van der Waals surface area contributed by atoms with E-state index in [0.717, 1.165) is 16.4 Å². The Kier molecular flexibility index (Phi) is 0.939. The SMILES string of the molecule is c1ccc2c(c1)oc1occc12. The summed E-state index contributed by atoms with van der Waals surface area (Å²) in [6, 6.07) is 9.82. The smallest absolute Gasteiger partial charge is 0.298 e. The van der Waals surface area contributed by atoms with Gasteiger partial charge < -0.3 is 8.83 Å². The number of benzene rings is 1. The van der Waals surface area contributed by atoms with E-state index in [-0.39, 0.29) is 0 Å². The summed E-state index contributed by atoms with van der Waals surface area (Å²) < 4.78 is 10.6. The van der Waals surface area contributed by atoms with Crippen LogP contribution in [0.25, 0.3) is 22.1 Å². The van der Waals surface area contributed by atoms with E-state index >= 15 is 0 Å². The molecule has 3 aromatic rings. The molecule has 2 heterocycles. The van der Waals surface area contributed by atoms with Crippen molar-refractivity contribution in [2.45, 2.75) is 0 Å². The predicted molar refractivity (Wildman–Crippen MR) is 46.0 cm³/mol. The lowest BCUT2D eigenvalue weighted by molar-refractivity contribution is 0.499. The largest absolute Gasteiger partial charge is 0.433 e. The lowest BCUT2D eigenvalue weighted by Gasteiger charge is -1.82. The summed E-state index contributed by atoms with van der Waals surface area (Å²) in [5.41, 5.74) is 0.881. The summed E-state index contributed by atoms with van der Waals surface area (Å²) in [5, 5.41) is 2.16. The highest BCUT2D eigenvalue weighted by molar-refractivity contribution is 6.02. The highest BCUT2D eigenvalue weighted by Gasteiger charge is 2.06. The van der Waals surface area contributed by atoms with E-state index in [9.17, 15) is 0 Å². The molecule has 0 N–H and O–H groups in total. The molecule has 0 unspecified atom stereocenters. The van der Waals surface area contributed by atoms with Crippen LogP contribution >= 0.6 is 0 Å². The van der Waals surface area contributed by atoms with Crippen LogP contribution in [-0.4, -0.2) is 0 Å². The zero-order valence-corrected chi connectivity index (χ0v) is 6.28. The highest BCUT2D eigenvalue weighted by atomic mass is 16.5. The first-order valence-corrected chi connectivity index (χ1v) is 3.80. The molecule has 2 heteroatoms. The number of furan rings is 2. The molecule has 3 rings (SSSR count). The minimum Gasteiger partial charge on any atom is -0.433 e. The van der Waals surface area contributed by atoms with E-state index in [1.807, 2.05) is 30.3 Å². The Morgan fingerprint density at radius 2 is 1.83 bits per heavy atom. The second-order valence-corrected chi connectivity index (χ2v) is 2.72. The van der Waals surface area contributed by atoms with Crippen LogP contribution < -0.4 is 0 Å². The molecule has 0 saturated heterocycles. The summed E-state index contributed by atoms with van der Waals surface area (Å²) in [4.78, 5) is 0. The third kappa shape index (κ3) is 0.593. The van der Waals surface area contributed by atoms with Gasteiger partial charge in [0.2, 0.25) is 0 Å². The van der Waals surface area contributed by atoms with Crippen molar-refractivity contribution in [3.63, 3.8) is 0 Å². The van der Waals surface area contributed by atoms with Gasteiger partial charge in [-0.3, -0.25) is 0 Å². The number of rotatable bonds is 0. The third-order valence-corrected chi connectivity index (χ3v) is 2.01. The molecule has 58 valence electrons. The van der Waals surface area contributed by atoms with Crippen LogP contribution in [0.2, 0.25) is 0 Å². The molecule has 0 spiro atoms. The van der Waals surface area contributed by atoms with E-state index in [2.05, 4.69) is 0 Å². The van der Waals surface area contributed by atoms with Crippen molar-refractivity contribution in [3.8, 4) is 0 Å². The first-order chi connectivity index (χ1) is 5.95. The van der Waals surface area contributed by atoms with Gasteiger partial charge in [-0.25, -0.2) is 0 Å². The van der Waals surface area contributed by atoms with Crippen LogP contribution in [0.3, 0.4) is 0 Å². The molecule has 0 aliphatic rings. The summed E-state index contributed by atoms with van der Waals surface area (Å²) in [6.07, 6.45) is 1.64. The fourth-order valence-electron chi connectivity index (χ4n) is 1.45. The molecule has 2 nitrogen and oxygen atoms in total. The van der Waals surface area contributed by atoms with Crippen LogP contribution in [0.1, 0.15) is 0 Å². The third-order valence-electron chi connectivity index (χ3n) is 2.01. The fraction of sp³-hybridized carbons (Fsp3) is 0. The van der Waals surface area contributed by atoms with Crippen molar-refractivity contribution in [3.05, 3.63) is 36.6 Å². The molecule has 0 saturated carbocycles. The van der Waals surface area contributed by atoms with Gasteiger partial charge in [0.1, 0.15) is 5.58 Å². The van der Waals surface area contributed by atoms with Crippen LogP contribution in [0.4, 0.5) is 0 Å². The normalized spacial score (nSPS) is 11.3. The molecular weight excluding hydrogens is 152 g/mol. The van der Waals surface area contributed by atoms with Gasteiger partial charge in [0.05, 0.1) is 11.6 Å². The summed E-state index contributed by atoms with van der Waals surface area (Å²) in [6.45, 7) is 0. The van der Waals surface area contributed by atoms with Crippen LogP contribution in [0.15, 0.2) is 45.4 Å². The van der Waals surface area contributed by atoms with Crippen molar-refractivity contribution < 1.29 is 8.83 Å². The van der Waals surface area contributed by atoms with Gasteiger partial charge in [-0.2, -0.15) is 0 Å². The van der Waals surface area contributed by atoms with E-state index < -0.39 is 0 Å². The number of para-hydroxylation sites is 1. The Morgan fingerprint density at radius 3 is 2.83 bits per heavy atom. The molecule has 0 atom stereocenters. The Labute approximate surface area is 68.4 Å². The maximum absolute atomic E-state index is 5.43. The summed E-state index contributed by atoms with van der Waals surface area (Å²) in [7, 11) is 0. The summed E-state index contributed by atoms with van der Waals surface area (Å²) in [5.74, 6) is 0.608. The average molecular weight is 158 g/mol. The second-order valence-electron chi connectivity index (χ2n) is 2.72. The Hall–Kier alpha value is -1.70. The topological polar surface area (TPSA) is 26.3 Å². The molecule has 1 aromatic carbocycles. The molecule has 0 radical (unpaired) electrons. The highest BCUT2D eigenvalue weighted by Crippen LogP contribution is 2.28. The fourth-order valence-corrected chi connectivity index (χ4v) is 1.45. The Balaban J connectivity index is 2.68. The molecule has 12 heavy (non-hydrogen) atoms. The van der Waals surface area contributed by atoms with Gasteiger partial charge in [0.25, 0.3) is 5.78 Å². The van der Waals surface area contributed by atoms with Gasteiger partial charge in [0, 0.05) is 5.39 Å². The van der Waals surface area contributed by atoms with Gasteiger partial charge in [-0.15, -0.1) is 0 Å². The molecule has 2 aromatic heterocycles. The zero-order valence-electron chi connectivity index (χ0n) is 6.28. The Bertz CT molecular complexity index is 530. The minimum atomic E-state index is 0.608. The van der Waals surface area contributed by atoms with E-state index in [1.165, 1.54) is 0 Å². The molecule has 0 aliphatic carbocycles. The van der Waals surface area contributed by atoms with Crippen molar-refractivity contribution in [1.82, 2.24) is 0 Å². The van der Waals surface area contributed by atoms with E-state index in [0.29, 0.717) is 5.78 Å².